The van der Waals surface area contributed by atoms with Crippen LogP contribution in [-0.4, -0.2) is 29.9 Å². The minimum atomic E-state index is -3.59. The molecule has 8 nitrogen and oxygen atoms in total. The zero-order valence-corrected chi connectivity index (χ0v) is 16.6. The zero-order valence-electron chi connectivity index (χ0n) is 14.2. The van der Waals surface area contributed by atoms with Gasteiger partial charge in [-0.2, -0.15) is 14.6 Å². The Morgan fingerprint density at radius 2 is 2.14 bits per heavy atom. The van der Waals surface area contributed by atoms with Crippen LogP contribution in [0.4, 0.5) is 5.13 Å². The molecule has 0 saturated carbocycles. The largest absolute Gasteiger partial charge is 0.457 e. The van der Waals surface area contributed by atoms with Crippen molar-refractivity contribution in [3.8, 4) is 17.4 Å². The average molecular weight is 435 g/mol. The number of halogens is 1. The molecule has 0 fully saturated rings. The van der Waals surface area contributed by atoms with Gasteiger partial charge in [-0.15, -0.1) is 0 Å². The number of nitrogens with one attached hydrogen (secondary N) is 1. The van der Waals surface area contributed by atoms with Crippen molar-refractivity contribution >= 4 is 50.1 Å². The van der Waals surface area contributed by atoms with Crippen LogP contribution < -0.4 is 5.32 Å². The average Bonchev–Trinajstić information content (AvgIpc) is 3.28. The number of aromatic nitrogens is 2. The Morgan fingerprint density at radius 3 is 2.79 bits per heavy atom. The number of amides is 1. The van der Waals surface area contributed by atoms with Gasteiger partial charge in [0.15, 0.2) is 0 Å². The van der Waals surface area contributed by atoms with Crippen molar-refractivity contribution in [3.05, 3.63) is 52.8 Å². The molecule has 3 rings (SSSR count). The number of furan rings is 1. The molecule has 2 aromatic heterocycles. The number of nitriles is 1. The van der Waals surface area contributed by atoms with Crippen LogP contribution in [0.15, 0.2) is 51.5 Å². The minimum absolute atomic E-state index is 0.0364. The van der Waals surface area contributed by atoms with Crippen LogP contribution in [0.1, 0.15) is 5.76 Å². The highest BCUT2D eigenvalue weighted by molar-refractivity contribution is 7.90. The number of anilines is 1. The zero-order chi connectivity index (χ0) is 20.3. The van der Waals surface area contributed by atoms with Crippen molar-refractivity contribution in [2.75, 3.05) is 11.6 Å². The van der Waals surface area contributed by atoms with Crippen LogP contribution in [0, 0.1) is 11.3 Å². The summed E-state index contributed by atoms with van der Waals surface area (Å²) in [5.41, 5.74) is 0.500. The van der Waals surface area contributed by atoms with E-state index in [2.05, 4.69) is 14.7 Å². The first-order valence-electron chi connectivity index (χ1n) is 7.59. The Bertz CT molecular complexity index is 1220. The predicted octanol–water partition coefficient (Wildman–Crippen LogP) is 3.40. The summed E-state index contributed by atoms with van der Waals surface area (Å²) in [5, 5.41) is 11.7. The summed E-state index contributed by atoms with van der Waals surface area (Å²) >= 11 is 6.66. The molecule has 0 unspecified atom stereocenters. The number of carbonyl (C=O) groups is 1. The molecule has 3 aromatic rings. The lowest BCUT2D eigenvalue weighted by atomic mass is 10.2. The van der Waals surface area contributed by atoms with E-state index in [1.807, 2.05) is 6.07 Å². The molecule has 0 aliphatic carbocycles. The molecule has 0 atom stereocenters. The molecule has 0 aliphatic rings. The molecule has 142 valence electrons. The van der Waals surface area contributed by atoms with E-state index in [4.69, 9.17) is 16.0 Å². The Labute approximate surface area is 169 Å². The summed E-state index contributed by atoms with van der Waals surface area (Å²) in [7, 11) is -3.59. The van der Waals surface area contributed by atoms with Gasteiger partial charge in [-0.1, -0.05) is 23.7 Å². The molecule has 0 bridgehead atoms. The number of rotatable bonds is 5. The van der Waals surface area contributed by atoms with Gasteiger partial charge >= 0.3 is 0 Å². The highest BCUT2D eigenvalue weighted by atomic mass is 35.5. The maximum Gasteiger partial charge on any atom is 0.268 e. The molecular weight excluding hydrogens is 424 g/mol. The Balaban J connectivity index is 1.79. The van der Waals surface area contributed by atoms with Gasteiger partial charge in [0.2, 0.25) is 15.0 Å². The molecule has 11 heteroatoms. The van der Waals surface area contributed by atoms with E-state index in [1.54, 1.807) is 36.4 Å². The third kappa shape index (κ3) is 4.64. The van der Waals surface area contributed by atoms with Gasteiger partial charge in [0.05, 0.1) is 0 Å². The van der Waals surface area contributed by atoms with Crippen molar-refractivity contribution in [1.82, 2.24) is 9.36 Å². The third-order valence-corrected chi connectivity index (χ3v) is 5.17. The maximum atomic E-state index is 12.3. The monoisotopic (exact) mass is 434 g/mol. The minimum Gasteiger partial charge on any atom is -0.457 e. The van der Waals surface area contributed by atoms with Crippen LogP contribution in [0.5, 0.6) is 0 Å². The van der Waals surface area contributed by atoms with Crippen LogP contribution in [0.25, 0.3) is 17.4 Å². The second-order valence-corrected chi connectivity index (χ2v) is 8.59. The normalized spacial score (nSPS) is 11.8. The standard InChI is InChI=1S/C17H11ClN4O4S2/c1-28(24,25)17-21-16(27-22-17)20-15(23)11(9-19)8-13-5-6-14(26-13)10-3-2-4-12(18)7-10/h2-8H,1H3,(H,20,21,22,23)/b11-8-. The smallest absolute Gasteiger partial charge is 0.268 e. The fourth-order valence-corrected chi connectivity index (χ4v) is 3.72. The van der Waals surface area contributed by atoms with Gasteiger partial charge in [0.25, 0.3) is 11.1 Å². The highest BCUT2D eigenvalue weighted by Crippen LogP contribution is 2.26. The Kier molecular flexibility index (Phi) is 5.60. The number of hydrogen-bond donors (Lipinski definition) is 1. The van der Waals surface area contributed by atoms with Gasteiger partial charge < -0.3 is 4.42 Å². The Morgan fingerprint density at radius 1 is 1.36 bits per heavy atom. The summed E-state index contributed by atoms with van der Waals surface area (Å²) in [6, 6.07) is 12.1. The van der Waals surface area contributed by atoms with E-state index in [-0.39, 0.29) is 16.5 Å². The van der Waals surface area contributed by atoms with Crippen LogP contribution in [0.2, 0.25) is 5.02 Å². The first kappa shape index (κ1) is 19.8. The molecule has 1 amide bonds. The fourth-order valence-electron chi connectivity index (χ4n) is 2.09. The van der Waals surface area contributed by atoms with E-state index < -0.39 is 20.9 Å². The fraction of sp³-hybridized carbons (Fsp3) is 0.0588. The van der Waals surface area contributed by atoms with Gasteiger partial charge in [0, 0.05) is 34.5 Å². The number of carbonyl (C=O) groups excluding carboxylic acids is 1. The predicted molar refractivity (Wildman–Crippen MR) is 104 cm³/mol. The van der Waals surface area contributed by atoms with E-state index in [0.29, 0.717) is 22.3 Å². The molecule has 0 aliphatic heterocycles. The van der Waals surface area contributed by atoms with Gasteiger partial charge in [-0.25, -0.2) is 8.42 Å². The van der Waals surface area contributed by atoms with Gasteiger partial charge in [0.1, 0.15) is 23.2 Å². The first-order valence-corrected chi connectivity index (χ1v) is 10.6. The van der Waals surface area contributed by atoms with E-state index >= 15 is 0 Å². The molecule has 0 radical (unpaired) electrons. The third-order valence-electron chi connectivity index (χ3n) is 3.35. The maximum absolute atomic E-state index is 12.3. The molecule has 2 heterocycles. The summed E-state index contributed by atoms with van der Waals surface area (Å²) in [6.07, 6.45) is 2.22. The Hall–Kier alpha value is -3.00. The van der Waals surface area contributed by atoms with Gasteiger partial charge in [-0.3, -0.25) is 10.1 Å². The lowest BCUT2D eigenvalue weighted by molar-refractivity contribution is -0.112. The highest BCUT2D eigenvalue weighted by Gasteiger charge is 2.18. The SMILES string of the molecule is CS(=O)(=O)c1nsc(NC(=O)/C(C#N)=C\c2ccc(-c3cccc(Cl)c3)o2)n1. The van der Waals surface area contributed by atoms with E-state index in [0.717, 1.165) is 11.8 Å². The molecule has 1 N–H and O–H groups in total. The van der Waals surface area contributed by atoms with Crippen molar-refractivity contribution in [1.29, 1.82) is 5.26 Å². The van der Waals surface area contributed by atoms with Crippen LogP contribution in [0.3, 0.4) is 0 Å². The lowest BCUT2D eigenvalue weighted by Gasteiger charge is -1.99. The van der Waals surface area contributed by atoms with E-state index in [9.17, 15) is 18.5 Å². The van der Waals surface area contributed by atoms with Crippen molar-refractivity contribution in [3.63, 3.8) is 0 Å². The van der Waals surface area contributed by atoms with Crippen LogP contribution >= 0.6 is 23.1 Å². The molecule has 1 aromatic carbocycles. The summed E-state index contributed by atoms with van der Waals surface area (Å²) < 4.78 is 32.1. The quantitative estimate of drug-likeness (QED) is 0.481. The van der Waals surface area contributed by atoms with Crippen molar-refractivity contribution < 1.29 is 17.6 Å². The number of sulfone groups is 1. The van der Waals surface area contributed by atoms with Crippen molar-refractivity contribution in [2.45, 2.75) is 5.16 Å². The molecule has 0 spiro atoms. The van der Waals surface area contributed by atoms with Gasteiger partial charge in [-0.05, 0) is 24.3 Å². The topological polar surface area (TPSA) is 126 Å². The number of hydrogen-bond acceptors (Lipinski definition) is 8. The second kappa shape index (κ2) is 7.93. The van der Waals surface area contributed by atoms with E-state index in [1.165, 1.54) is 6.08 Å². The first-order chi connectivity index (χ1) is 13.3. The molecule has 0 saturated heterocycles. The van der Waals surface area contributed by atoms with Crippen LogP contribution in [-0.2, 0) is 14.6 Å². The molecular formula is C17H11ClN4O4S2. The second-order valence-electron chi connectivity index (χ2n) is 5.49. The summed E-state index contributed by atoms with van der Waals surface area (Å²) in [4.78, 5) is 16.0. The summed E-state index contributed by atoms with van der Waals surface area (Å²) in [6.45, 7) is 0. The lowest BCUT2D eigenvalue weighted by Crippen LogP contribution is -2.13. The van der Waals surface area contributed by atoms with Crippen molar-refractivity contribution in [2.24, 2.45) is 0 Å². The number of nitrogens with zero attached hydrogens (tertiary/aromatic N) is 3. The number of benzene rings is 1. The summed E-state index contributed by atoms with van der Waals surface area (Å²) in [5.74, 6) is 0.0449. The molecule has 28 heavy (non-hydrogen) atoms.